The SMILES string of the molecule is CCOc1cc([C@H]2C3=CC[C@@H]4C(=O)N(Cc5ccccc5)C(=O)[C@@H]4[C@@H]3C[C@H]3C(=O)N(Cc4ccccc4)C(=O)[C@@H]23)ccc1O. The van der Waals surface area contributed by atoms with E-state index in [1.54, 1.807) is 18.2 Å². The fraction of sp³-hybridized carbons (Fsp3) is 0.333. The highest BCUT2D eigenvalue weighted by atomic mass is 16.5. The number of carbonyl (C=O) groups excluding carboxylic acids is 4. The van der Waals surface area contributed by atoms with E-state index in [0.29, 0.717) is 25.2 Å². The largest absolute Gasteiger partial charge is 0.504 e. The molecule has 224 valence electrons. The van der Waals surface area contributed by atoms with Gasteiger partial charge in [0.25, 0.3) is 0 Å². The van der Waals surface area contributed by atoms with Crippen molar-refractivity contribution in [2.24, 2.45) is 29.6 Å². The van der Waals surface area contributed by atoms with Gasteiger partial charge in [0.1, 0.15) is 0 Å². The van der Waals surface area contributed by atoms with Crippen LogP contribution in [0.5, 0.6) is 11.5 Å². The zero-order valence-corrected chi connectivity index (χ0v) is 24.5. The summed E-state index contributed by atoms with van der Waals surface area (Å²) in [5, 5.41) is 10.5. The predicted molar refractivity (Wildman–Crippen MR) is 161 cm³/mol. The summed E-state index contributed by atoms with van der Waals surface area (Å²) < 4.78 is 5.70. The number of hydrogen-bond donors (Lipinski definition) is 1. The van der Waals surface area contributed by atoms with Crippen LogP contribution in [-0.2, 0) is 32.3 Å². The van der Waals surface area contributed by atoms with Crippen molar-refractivity contribution in [1.29, 1.82) is 0 Å². The first-order chi connectivity index (χ1) is 21.4. The van der Waals surface area contributed by atoms with Gasteiger partial charge in [-0.1, -0.05) is 78.4 Å². The fourth-order valence-corrected chi connectivity index (χ4v) is 7.93. The molecule has 8 nitrogen and oxygen atoms in total. The number of phenolic OH excluding ortho intramolecular Hbond substituents is 1. The van der Waals surface area contributed by atoms with Crippen molar-refractivity contribution >= 4 is 23.6 Å². The van der Waals surface area contributed by atoms with Crippen LogP contribution in [0.25, 0.3) is 0 Å². The lowest BCUT2D eigenvalue weighted by Crippen LogP contribution is -2.43. The molecule has 4 aliphatic rings. The summed E-state index contributed by atoms with van der Waals surface area (Å²) >= 11 is 0. The Hall–Kier alpha value is -4.72. The van der Waals surface area contributed by atoms with Crippen LogP contribution >= 0.6 is 0 Å². The Labute approximate surface area is 255 Å². The number of nitrogens with zero attached hydrogens (tertiary/aromatic N) is 2. The average Bonchev–Trinajstić information content (AvgIpc) is 3.42. The minimum atomic E-state index is -0.656. The summed E-state index contributed by atoms with van der Waals surface area (Å²) in [7, 11) is 0. The fourth-order valence-electron chi connectivity index (χ4n) is 7.93. The van der Waals surface area contributed by atoms with Crippen molar-refractivity contribution in [3.63, 3.8) is 0 Å². The number of ether oxygens (including phenoxy) is 1. The van der Waals surface area contributed by atoms with Gasteiger partial charge in [-0.25, -0.2) is 0 Å². The van der Waals surface area contributed by atoms with Gasteiger partial charge in [0, 0.05) is 5.92 Å². The standard InChI is InChI=1S/C36H34N2O6/c1-2-44-29-17-23(13-16-28(29)39)30-24-14-15-25-31(35(42)37(33(25)40)19-21-9-5-3-6-10-21)26(24)18-27-32(30)36(43)38(34(27)41)20-22-11-7-4-8-12-22/h3-14,16-17,25-27,30-32,39H,2,15,18-20H2,1H3/t25-,26+,27+,30-,31-,32+/m0/s1. The van der Waals surface area contributed by atoms with Gasteiger partial charge >= 0.3 is 0 Å². The number of amides is 4. The van der Waals surface area contributed by atoms with Gasteiger partial charge in [-0.2, -0.15) is 0 Å². The van der Waals surface area contributed by atoms with Gasteiger partial charge < -0.3 is 9.84 Å². The van der Waals surface area contributed by atoms with Gasteiger partial charge in [0.15, 0.2) is 11.5 Å². The van der Waals surface area contributed by atoms with Crippen LogP contribution in [0, 0.1) is 29.6 Å². The molecule has 0 spiro atoms. The second kappa shape index (κ2) is 11.1. The molecule has 4 amide bonds. The average molecular weight is 591 g/mol. The minimum Gasteiger partial charge on any atom is -0.504 e. The summed E-state index contributed by atoms with van der Waals surface area (Å²) in [5.74, 6) is -3.81. The molecule has 2 heterocycles. The van der Waals surface area contributed by atoms with Crippen LogP contribution in [0.2, 0.25) is 0 Å². The Bertz CT molecular complexity index is 1670. The van der Waals surface area contributed by atoms with Gasteiger partial charge in [0.05, 0.1) is 43.4 Å². The molecule has 3 aromatic carbocycles. The van der Waals surface area contributed by atoms with Crippen molar-refractivity contribution in [2.45, 2.75) is 38.8 Å². The summed E-state index contributed by atoms with van der Waals surface area (Å²) in [4.78, 5) is 58.6. The van der Waals surface area contributed by atoms with Gasteiger partial charge in [-0.15, -0.1) is 0 Å². The van der Waals surface area contributed by atoms with Crippen molar-refractivity contribution in [1.82, 2.24) is 9.80 Å². The predicted octanol–water partition coefficient (Wildman–Crippen LogP) is 4.83. The van der Waals surface area contributed by atoms with Crippen molar-refractivity contribution in [2.75, 3.05) is 6.61 Å². The first-order valence-corrected chi connectivity index (χ1v) is 15.3. The lowest BCUT2D eigenvalue weighted by molar-refractivity contribution is -0.142. The number of hydrogen-bond acceptors (Lipinski definition) is 6. The molecular formula is C36H34N2O6. The van der Waals surface area contributed by atoms with Crippen LogP contribution in [0.15, 0.2) is 90.5 Å². The topological polar surface area (TPSA) is 104 Å². The monoisotopic (exact) mass is 590 g/mol. The van der Waals surface area contributed by atoms with E-state index < -0.39 is 29.6 Å². The molecule has 0 unspecified atom stereocenters. The Kier molecular flexibility index (Phi) is 7.07. The number of benzene rings is 3. The number of imide groups is 2. The van der Waals surface area contributed by atoms with Crippen molar-refractivity contribution in [3.8, 4) is 11.5 Å². The van der Waals surface area contributed by atoms with Crippen LogP contribution < -0.4 is 4.74 Å². The lowest BCUT2D eigenvalue weighted by Gasteiger charge is -2.44. The molecular weight excluding hydrogens is 556 g/mol. The number of aromatic hydroxyl groups is 1. The Morgan fingerprint density at radius 2 is 1.32 bits per heavy atom. The normalized spacial score (nSPS) is 27.6. The molecule has 0 radical (unpaired) electrons. The molecule has 1 N–H and O–H groups in total. The first kappa shape index (κ1) is 28.1. The van der Waals surface area contributed by atoms with E-state index in [4.69, 9.17) is 4.74 Å². The second-order valence-corrected chi connectivity index (χ2v) is 12.2. The van der Waals surface area contributed by atoms with E-state index >= 15 is 0 Å². The van der Waals surface area contributed by atoms with Crippen LogP contribution in [0.1, 0.15) is 42.4 Å². The third-order valence-electron chi connectivity index (χ3n) is 9.84. The highest BCUT2D eigenvalue weighted by Gasteiger charge is 2.61. The molecule has 6 atom stereocenters. The van der Waals surface area contributed by atoms with Crippen LogP contribution in [-0.4, -0.2) is 45.1 Å². The van der Waals surface area contributed by atoms with Crippen molar-refractivity contribution in [3.05, 3.63) is 107 Å². The third-order valence-corrected chi connectivity index (χ3v) is 9.84. The van der Waals surface area contributed by atoms with Gasteiger partial charge in [-0.05, 0) is 54.5 Å². The molecule has 2 saturated heterocycles. The number of phenols is 1. The maximum Gasteiger partial charge on any atom is 0.234 e. The maximum atomic E-state index is 14.2. The highest BCUT2D eigenvalue weighted by molar-refractivity contribution is 6.08. The highest BCUT2D eigenvalue weighted by Crippen LogP contribution is 2.58. The van der Waals surface area contributed by atoms with Crippen molar-refractivity contribution < 1.29 is 29.0 Å². The van der Waals surface area contributed by atoms with Crippen LogP contribution in [0.4, 0.5) is 0 Å². The van der Waals surface area contributed by atoms with Gasteiger partial charge in [0.2, 0.25) is 23.6 Å². The summed E-state index contributed by atoms with van der Waals surface area (Å²) in [5.41, 5.74) is 3.41. The third kappa shape index (κ3) is 4.51. The quantitative estimate of drug-likeness (QED) is 0.312. The Morgan fingerprint density at radius 1 is 0.727 bits per heavy atom. The zero-order valence-electron chi connectivity index (χ0n) is 24.5. The molecule has 0 aromatic heterocycles. The van der Waals surface area contributed by atoms with E-state index in [-0.39, 0.29) is 48.4 Å². The number of fused-ring (bicyclic) bond motifs is 4. The lowest BCUT2D eigenvalue weighted by atomic mass is 9.57. The van der Waals surface area contributed by atoms with E-state index in [0.717, 1.165) is 22.3 Å². The molecule has 2 aliphatic heterocycles. The first-order valence-electron chi connectivity index (χ1n) is 15.3. The minimum absolute atomic E-state index is 0.00940. The number of rotatable bonds is 7. The molecule has 3 fully saturated rings. The number of carbonyl (C=O) groups is 4. The summed E-state index contributed by atoms with van der Waals surface area (Å²) in [6.07, 6.45) is 2.76. The summed E-state index contributed by atoms with van der Waals surface area (Å²) in [6, 6.07) is 24.0. The number of allylic oxidation sites excluding steroid dienone is 2. The van der Waals surface area contributed by atoms with Crippen LogP contribution in [0.3, 0.4) is 0 Å². The molecule has 1 saturated carbocycles. The molecule has 0 bridgehead atoms. The van der Waals surface area contributed by atoms with E-state index in [2.05, 4.69) is 0 Å². The molecule has 7 rings (SSSR count). The molecule has 2 aliphatic carbocycles. The summed E-state index contributed by atoms with van der Waals surface area (Å²) in [6.45, 7) is 2.56. The molecule has 44 heavy (non-hydrogen) atoms. The maximum absolute atomic E-state index is 14.2. The van der Waals surface area contributed by atoms with Gasteiger partial charge in [-0.3, -0.25) is 29.0 Å². The Morgan fingerprint density at radius 3 is 1.93 bits per heavy atom. The molecule has 3 aromatic rings. The molecule has 8 heteroatoms. The zero-order chi connectivity index (χ0) is 30.5. The smallest absolute Gasteiger partial charge is 0.234 e. The van der Waals surface area contributed by atoms with E-state index in [9.17, 15) is 24.3 Å². The second-order valence-electron chi connectivity index (χ2n) is 12.2. The number of likely N-dealkylation sites (tertiary alicyclic amines) is 2. The Balaban J connectivity index is 1.29. The van der Waals surface area contributed by atoms with E-state index in [1.807, 2.05) is 73.7 Å². The van der Waals surface area contributed by atoms with E-state index in [1.165, 1.54) is 9.80 Å².